The summed E-state index contributed by atoms with van der Waals surface area (Å²) in [5.41, 5.74) is 3.67. The molecule has 0 atom stereocenters. The van der Waals surface area contributed by atoms with Crippen molar-refractivity contribution in [2.75, 3.05) is 5.32 Å². The zero-order chi connectivity index (χ0) is 22.9. The van der Waals surface area contributed by atoms with Crippen LogP contribution in [0.15, 0.2) is 64.3 Å². The topological polar surface area (TPSA) is 90.9 Å². The maximum absolute atomic E-state index is 13.4. The van der Waals surface area contributed by atoms with Crippen LogP contribution < -0.4 is 16.6 Å². The molecule has 33 heavy (non-hydrogen) atoms. The molecule has 0 bridgehead atoms. The van der Waals surface area contributed by atoms with E-state index in [2.05, 4.69) is 10.4 Å². The van der Waals surface area contributed by atoms with Crippen molar-refractivity contribution in [3.05, 3.63) is 92.3 Å². The molecule has 1 amide bonds. The van der Waals surface area contributed by atoms with Gasteiger partial charge in [-0.05, 0) is 55.0 Å². The number of benzene rings is 2. The Kier molecular flexibility index (Phi) is 5.42. The van der Waals surface area contributed by atoms with Gasteiger partial charge in [-0.2, -0.15) is 5.10 Å². The monoisotopic (exact) mass is 443 g/mol. The van der Waals surface area contributed by atoms with Crippen LogP contribution in [0, 0.1) is 0 Å². The standard InChI is InChI=1S/C25H25N5O3/c1-2-28-15-21-23(27-28)24(32)30(14-17-7-4-3-5-8-17)25(33)29(21)16-22(31)26-20-12-11-18-9-6-10-19(18)13-20/h3-5,7-8,11-13,15H,2,6,9-10,14,16H2,1H3,(H,26,31). The van der Waals surface area contributed by atoms with Gasteiger partial charge in [0.15, 0.2) is 5.52 Å². The molecule has 0 aliphatic heterocycles. The average molecular weight is 444 g/mol. The highest BCUT2D eigenvalue weighted by Gasteiger charge is 2.19. The Labute approximate surface area is 190 Å². The molecule has 5 rings (SSSR count). The van der Waals surface area contributed by atoms with Gasteiger partial charge < -0.3 is 5.32 Å². The molecule has 0 unspecified atom stereocenters. The van der Waals surface area contributed by atoms with Crippen molar-refractivity contribution >= 4 is 22.6 Å². The lowest BCUT2D eigenvalue weighted by molar-refractivity contribution is -0.116. The van der Waals surface area contributed by atoms with E-state index in [1.54, 1.807) is 10.9 Å². The van der Waals surface area contributed by atoms with Crippen molar-refractivity contribution in [3.8, 4) is 0 Å². The number of hydrogen-bond acceptors (Lipinski definition) is 4. The molecule has 2 heterocycles. The molecule has 168 valence electrons. The van der Waals surface area contributed by atoms with Crippen LogP contribution in [0.4, 0.5) is 5.69 Å². The van der Waals surface area contributed by atoms with Crippen molar-refractivity contribution in [1.82, 2.24) is 18.9 Å². The van der Waals surface area contributed by atoms with Crippen LogP contribution in [0.1, 0.15) is 30.0 Å². The summed E-state index contributed by atoms with van der Waals surface area (Å²) < 4.78 is 4.09. The number of nitrogens with one attached hydrogen (secondary N) is 1. The minimum absolute atomic E-state index is 0.111. The Morgan fingerprint density at radius 1 is 1.03 bits per heavy atom. The van der Waals surface area contributed by atoms with E-state index >= 15 is 0 Å². The first kappa shape index (κ1) is 20.9. The first-order chi connectivity index (χ1) is 16.0. The van der Waals surface area contributed by atoms with Gasteiger partial charge in [-0.25, -0.2) is 4.79 Å². The molecule has 2 aromatic heterocycles. The maximum atomic E-state index is 13.4. The zero-order valence-electron chi connectivity index (χ0n) is 18.5. The Balaban J connectivity index is 1.52. The molecule has 0 spiro atoms. The smallest absolute Gasteiger partial charge is 0.325 e. The molecule has 8 nitrogen and oxygen atoms in total. The number of aromatic nitrogens is 4. The van der Waals surface area contributed by atoms with Gasteiger partial charge in [0.1, 0.15) is 6.54 Å². The minimum Gasteiger partial charge on any atom is -0.325 e. The summed E-state index contributed by atoms with van der Waals surface area (Å²) in [5, 5.41) is 7.26. The van der Waals surface area contributed by atoms with E-state index in [-0.39, 0.29) is 24.5 Å². The van der Waals surface area contributed by atoms with E-state index < -0.39 is 11.2 Å². The lowest BCUT2D eigenvalue weighted by atomic mass is 10.1. The summed E-state index contributed by atoms with van der Waals surface area (Å²) in [6.45, 7) is 2.34. The summed E-state index contributed by atoms with van der Waals surface area (Å²) in [5.74, 6) is -0.328. The highest BCUT2D eigenvalue weighted by atomic mass is 16.2. The fraction of sp³-hybridized carbons (Fsp3) is 0.280. The number of carbonyl (C=O) groups excluding carboxylic acids is 1. The Bertz CT molecular complexity index is 1460. The number of hydrogen-bond donors (Lipinski definition) is 1. The number of fused-ring (bicyclic) bond motifs is 2. The lowest BCUT2D eigenvalue weighted by Gasteiger charge is -2.12. The molecule has 2 aromatic carbocycles. The molecule has 0 saturated heterocycles. The van der Waals surface area contributed by atoms with Gasteiger partial charge in [0.2, 0.25) is 5.91 Å². The summed E-state index contributed by atoms with van der Waals surface area (Å²) in [7, 11) is 0. The largest absolute Gasteiger partial charge is 0.332 e. The van der Waals surface area contributed by atoms with Crippen LogP contribution >= 0.6 is 0 Å². The van der Waals surface area contributed by atoms with Crippen molar-refractivity contribution in [1.29, 1.82) is 0 Å². The number of nitrogens with zero attached hydrogens (tertiary/aromatic N) is 4. The second-order valence-corrected chi connectivity index (χ2v) is 8.35. The van der Waals surface area contributed by atoms with Crippen LogP contribution in [-0.2, 0) is 37.3 Å². The molecule has 4 aromatic rings. The summed E-state index contributed by atoms with van der Waals surface area (Å²) in [6, 6.07) is 15.2. The maximum Gasteiger partial charge on any atom is 0.332 e. The van der Waals surface area contributed by atoms with Gasteiger partial charge in [-0.3, -0.25) is 23.4 Å². The quantitative estimate of drug-likeness (QED) is 0.496. The van der Waals surface area contributed by atoms with E-state index in [1.807, 2.05) is 55.5 Å². The van der Waals surface area contributed by atoms with Gasteiger partial charge >= 0.3 is 5.69 Å². The molecule has 0 fully saturated rings. The van der Waals surface area contributed by atoms with Gasteiger partial charge in [0.05, 0.1) is 12.1 Å². The van der Waals surface area contributed by atoms with Crippen LogP contribution in [0.3, 0.4) is 0 Å². The second-order valence-electron chi connectivity index (χ2n) is 8.35. The highest BCUT2D eigenvalue weighted by Crippen LogP contribution is 2.24. The predicted molar refractivity (Wildman–Crippen MR) is 127 cm³/mol. The van der Waals surface area contributed by atoms with E-state index in [9.17, 15) is 14.4 Å². The van der Waals surface area contributed by atoms with E-state index in [4.69, 9.17) is 0 Å². The molecule has 1 aliphatic rings. The van der Waals surface area contributed by atoms with Crippen LogP contribution in [0.5, 0.6) is 0 Å². The lowest BCUT2D eigenvalue weighted by Crippen LogP contribution is -2.41. The third-order valence-electron chi connectivity index (χ3n) is 6.13. The molecule has 0 radical (unpaired) electrons. The number of rotatable bonds is 6. The van der Waals surface area contributed by atoms with Crippen LogP contribution in [0.25, 0.3) is 11.0 Å². The first-order valence-electron chi connectivity index (χ1n) is 11.2. The SMILES string of the molecule is CCn1cc2c(n1)c(=O)n(Cc1ccccc1)c(=O)n2CC(=O)Nc1ccc2c(c1)CCC2. The summed E-state index contributed by atoms with van der Waals surface area (Å²) in [6.07, 6.45) is 4.86. The van der Waals surface area contributed by atoms with E-state index in [1.165, 1.54) is 15.7 Å². The Morgan fingerprint density at radius 3 is 2.61 bits per heavy atom. The summed E-state index contributed by atoms with van der Waals surface area (Å²) >= 11 is 0. The van der Waals surface area contributed by atoms with Crippen molar-refractivity contribution < 1.29 is 4.79 Å². The van der Waals surface area contributed by atoms with Gasteiger partial charge in [-0.1, -0.05) is 36.4 Å². The second kappa shape index (κ2) is 8.54. The van der Waals surface area contributed by atoms with Gasteiger partial charge in [0.25, 0.3) is 5.56 Å². The molecular weight excluding hydrogens is 418 g/mol. The van der Waals surface area contributed by atoms with E-state index in [0.717, 1.165) is 29.4 Å². The van der Waals surface area contributed by atoms with Crippen LogP contribution in [-0.4, -0.2) is 24.8 Å². The van der Waals surface area contributed by atoms with Crippen molar-refractivity contribution in [3.63, 3.8) is 0 Å². The molecule has 1 aliphatic carbocycles. The average Bonchev–Trinajstić information content (AvgIpc) is 3.47. The van der Waals surface area contributed by atoms with Crippen molar-refractivity contribution in [2.45, 2.75) is 45.8 Å². The summed E-state index contributed by atoms with van der Waals surface area (Å²) in [4.78, 5) is 39.4. The highest BCUT2D eigenvalue weighted by molar-refractivity contribution is 5.91. The molecule has 0 saturated carbocycles. The fourth-order valence-electron chi connectivity index (χ4n) is 4.44. The number of carbonyl (C=O) groups is 1. The molecule has 1 N–H and O–H groups in total. The first-order valence-corrected chi connectivity index (χ1v) is 11.2. The third-order valence-corrected chi connectivity index (χ3v) is 6.13. The minimum atomic E-state index is -0.531. The van der Waals surface area contributed by atoms with Crippen LogP contribution in [0.2, 0.25) is 0 Å². The normalized spacial score (nSPS) is 12.8. The number of aryl methyl sites for hydroxylation is 3. The molecule has 8 heteroatoms. The Morgan fingerprint density at radius 2 is 1.82 bits per heavy atom. The number of amides is 1. The zero-order valence-corrected chi connectivity index (χ0v) is 18.5. The van der Waals surface area contributed by atoms with Gasteiger partial charge in [0, 0.05) is 18.4 Å². The van der Waals surface area contributed by atoms with Crippen molar-refractivity contribution in [2.24, 2.45) is 0 Å². The van der Waals surface area contributed by atoms with Gasteiger partial charge in [-0.15, -0.1) is 0 Å². The number of anilines is 1. The fourth-order valence-corrected chi connectivity index (χ4v) is 4.44. The Hall–Kier alpha value is -3.94. The molecular formula is C25H25N5O3. The predicted octanol–water partition coefficient (Wildman–Crippen LogP) is 2.56. The third kappa shape index (κ3) is 4.00. The van der Waals surface area contributed by atoms with E-state index in [0.29, 0.717) is 17.7 Å².